The number of hydrogen-bond donors (Lipinski definition) is 2. The van der Waals surface area contributed by atoms with Gasteiger partial charge in [-0.15, -0.1) is 11.3 Å². The number of allylic oxidation sites excluding steroid dienone is 2. The Kier molecular flexibility index (Phi) is 5.77. The number of rotatable bonds is 5. The average Bonchev–Trinajstić information content (AvgIpc) is 2.98. The lowest BCUT2D eigenvalue weighted by molar-refractivity contribution is -0.146. The van der Waals surface area contributed by atoms with Crippen molar-refractivity contribution in [2.45, 2.75) is 51.9 Å². The van der Waals surface area contributed by atoms with Crippen LogP contribution in [0.4, 0.5) is 5.00 Å². The number of carboxylic acid groups (broad SMARTS) is 1. The second-order valence-electron chi connectivity index (χ2n) is 7.20. The minimum absolute atomic E-state index is 0.290. The van der Waals surface area contributed by atoms with Crippen LogP contribution in [0.15, 0.2) is 12.2 Å². The zero-order valence-corrected chi connectivity index (χ0v) is 15.8. The number of aliphatic carboxylic acids is 1. The maximum Gasteiger partial charge on any atom is 0.307 e. The highest BCUT2D eigenvalue weighted by Gasteiger charge is 2.35. The maximum absolute atomic E-state index is 12.7. The van der Waals surface area contributed by atoms with E-state index < -0.39 is 17.8 Å². The first-order valence-corrected chi connectivity index (χ1v) is 10.1. The lowest BCUT2D eigenvalue weighted by Crippen LogP contribution is -2.34. The molecule has 0 bridgehead atoms. The molecule has 0 aromatic carbocycles. The quantitative estimate of drug-likeness (QED) is 0.760. The van der Waals surface area contributed by atoms with Crippen molar-refractivity contribution in [1.82, 2.24) is 0 Å². The van der Waals surface area contributed by atoms with E-state index in [4.69, 9.17) is 0 Å². The van der Waals surface area contributed by atoms with Gasteiger partial charge >= 0.3 is 5.97 Å². The van der Waals surface area contributed by atoms with Crippen LogP contribution in [-0.4, -0.2) is 17.0 Å². The summed E-state index contributed by atoms with van der Waals surface area (Å²) in [6.07, 6.45) is 9.79. The Labute approximate surface area is 157 Å². The molecule has 0 radical (unpaired) electrons. The smallest absolute Gasteiger partial charge is 0.307 e. The Bertz CT molecular complexity index is 775. The predicted octanol–water partition coefficient (Wildman–Crippen LogP) is 4.13. The highest BCUT2D eigenvalue weighted by Crippen LogP contribution is 2.41. The van der Waals surface area contributed by atoms with Gasteiger partial charge < -0.3 is 10.4 Å². The van der Waals surface area contributed by atoms with Crippen molar-refractivity contribution >= 4 is 28.2 Å². The van der Waals surface area contributed by atoms with Crippen LogP contribution in [0.3, 0.4) is 0 Å². The Balaban J connectivity index is 1.80. The minimum Gasteiger partial charge on any atom is -0.481 e. The molecule has 0 aliphatic heterocycles. The van der Waals surface area contributed by atoms with Crippen LogP contribution >= 0.6 is 11.3 Å². The number of carboxylic acids is 1. The van der Waals surface area contributed by atoms with E-state index in [9.17, 15) is 20.0 Å². The van der Waals surface area contributed by atoms with Crippen LogP contribution in [0, 0.1) is 29.1 Å². The number of hydrogen-bond acceptors (Lipinski definition) is 4. The van der Waals surface area contributed by atoms with Crippen LogP contribution in [0.2, 0.25) is 0 Å². The fourth-order valence-electron chi connectivity index (χ4n) is 4.10. The van der Waals surface area contributed by atoms with Gasteiger partial charge in [-0.05, 0) is 43.6 Å². The lowest BCUT2D eigenvalue weighted by Gasteiger charge is -2.23. The van der Waals surface area contributed by atoms with Crippen molar-refractivity contribution in [1.29, 1.82) is 5.26 Å². The molecule has 0 fully saturated rings. The van der Waals surface area contributed by atoms with Gasteiger partial charge in [-0.2, -0.15) is 5.26 Å². The summed E-state index contributed by atoms with van der Waals surface area (Å²) in [4.78, 5) is 25.4. The second-order valence-corrected chi connectivity index (χ2v) is 8.31. The molecule has 6 heteroatoms. The van der Waals surface area contributed by atoms with Gasteiger partial charge in [-0.3, -0.25) is 9.59 Å². The Morgan fingerprint density at radius 1 is 1.35 bits per heavy atom. The van der Waals surface area contributed by atoms with E-state index in [2.05, 4.69) is 18.3 Å². The molecule has 0 spiro atoms. The van der Waals surface area contributed by atoms with Crippen LogP contribution in [-0.2, 0) is 22.4 Å². The third-order valence-electron chi connectivity index (χ3n) is 5.50. The predicted molar refractivity (Wildman–Crippen MR) is 101 cm³/mol. The number of nitriles is 1. The molecule has 1 amide bonds. The standard InChI is InChI=1S/C20H24N2O3S/c1-2-5-12-8-9-13-16(11-21)19(26-17(13)10-12)22-18(23)14-6-3-4-7-15(14)20(24)25/h3-4,12,14-15H,2,5-10H2,1H3,(H,22,23)(H,24,25)/t12-,14-,15+/m1/s1. The average molecular weight is 372 g/mol. The van der Waals surface area contributed by atoms with Gasteiger partial charge in [-0.25, -0.2) is 0 Å². The highest BCUT2D eigenvalue weighted by molar-refractivity contribution is 7.16. The molecule has 2 aliphatic rings. The summed E-state index contributed by atoms with van der Waals surface area (Å²) < 4.78 is 0. The largest absolute Gasteiger partial charge is 0.481 e. The van der Waals surface area contributed by atoms with Gasteiger partial charge in [0, 0.05) is 4.88 Å². The van der Waals surface area contributed by atoms with Crippen molar-refractivity contribution in [2.24, 2.45) is 17.8 Å². The number of nitrogens with zero attached hydrogens (tertiary/aromatic N) is 1. The van der Waals surface area contributed by atoms with Gasteiger partial charge in [0.2, 0.25) is 5.91 Å². The highest BCUT2D eigenvalue weighted by atomic mass is 32.1. The molecular weight excluding hydrogens is 348 g/mol. The van der Waals surface area contributed by atoms with Crippen molar-refractivity contribution in [3.63, 3.8) is 0 Å². The second kappa shape index (κ2) is 8.05. The first-order valence-electron chi connectivity index (χ1n) is 9.28. The fraction of sp³-hybridized carbons (Fsp3) is 0.550. The molecule has 1 aromatic rings. The topological polar surface area (TPSA) is 90.2 Å². The van der Waals surface area contributed by atoms with Gasteiger partial charge in [-0.1, -0.05) is 31.9 Å². The molecule has 138 valence electrons. The van der Waals surface area contributed by atoms with Gasteiger partial charge in [0.15, 0.2) is 0 Å². The third-order valence-corrected chi connectivity index (χ3v) is 6.67. The molecule has 0 unspecified atom stereocenters. The molecule has 0 saturated carbocycles. The number of fused-ring (bicyclic) bond motifs is 1. The maximum atomic E-state index is 12.7. The Morgan fingerprint density at radius 3 is 2.73 bits per heavy atom. The van der Waals surface area contributed by atoms with Gasteiger partial charge in [0.25, 0.3) is 0 Å². The first-order chi connectivity index (χ1) is 12.5. The number of nitrogens with one attached hydrogen (secondary N) is 1. The summed E-state index contributed by atoms with van der Waals surface area (Å²) in [6.45, 7) is 2.19. The molecule has 26 heavy (non-hydrogen) atoms. The lowest BCUT2D eigenvalue weighted by atomic mass is 9.82. The van der Waals surface area contributed by atoms with Gasteiger partial charge in [0.05, 0.1) is 17.4 Å². The number of thiophene rings is 1. The van der Waals surface area contributed by atoms with E-state index in [1.807, 2.05) is 12.2 Å². The van der Waals surface area contributed by atoms with Crippen LogP contribution < -0.4 is 5.32 Å². The normalized spacial score (nSPS) is 24.5. The Morgan fingerprint density at radius 2 is 2.08 bits per heavy atom. The summed E-state index contributed by atoms with van der Waals surface area (Å²) in [5.74, 6) is -1.86. The number of anilines is 1. The van der Waals surface area contributed by atoms with E-state index >= 15 is 0 Å². The van der Waals surface area contributed by atoms with E-state index in [1.54, 1.807) is 0 Å². The zero-order valence-electron chi connectivity index (χ0n) is 15.0. The van der Waals surface area contributed by atoms with E-state index in [0.29, 0.717) is 29.3 Å². The third kappa shape index (κ3) is 3.68. The fourth-order valence-corrected chi connectivity index (χ4v) is 5.41. The van der Waals surface area contributed by atoms with E-state index in [0.717, 1.165) is 31.2 Å². The van der Waals surface area contributed by atoms with Gasteiger partial charge in [0.1, 0.15) is 11.1 Å². The summed E-state index contributed by atoms with van der Waals surface area (Å²) in [6, 6.07) is 2.26. The molecule has 0 saturated heterocycles. The van der Waals surface area contributed by atoms with Crippen molar-refractivity contribution in [2.75, 3.05) is 5.32 Å². The summed E-state index contributed by atoms with van der Waals surface area (Å²) >= 11 is 1.50. The molecule has 1 heterocycles. The summed E-state index contributed by atoms with van der Waals surface area (Å²) in [5, 5.41) is 22.4. The molecule has 2 N–H and O–H groups in total. The summed E-state index contributed by atoms with van der Waals surface area (Å²) in [7, 11) is 0. The zero-order chi connectivity index (χ0) is 18.7. The number of amides is 1. The van der Waals surface area contributed by atoms with Crippen molar-refractivity contribution in [3.8, 4) is 6.07 Å². The molecule has 3 atom stereocenters. The monoisotopic (exact) mass is 372 g/mol. The SMILES string of the molecule is CCC[C@@H]1CCc2c(sc(NC(=O)[C@@H]3CC=CC[C@@H]3C(=O)O)c2C#N)C1. The van der Waals surface area contributed by atoms with E-state index in [-0.39, 0.29) is 5.91 Å². The van der Waals surface area contributed by atoms with Crippen molar-refractivity contribution in [3.05, 3.63) is 28.2 Å². The summed E-state index contributed by atoms with van der Waals surface area (Å²) in [5.41, 5.74) is 1.66. The molecule has 5 nitrogen and oxygen atoms in total. The number of carbonyl (C=O) groups is 2. The van der Waals surface area contributed by atoms with Crippen LogP contribution in [0.1, 0.15) is 55.0 Å². The first kappa shape index (κ1) is 18.7. The molecular formula is C20H24N2O3S. The number of carbonyl (C=O) groups excluding carboxylic acids is 1. The van der Waals surface area contributed by atoms with E-state index in [1.165, 1.54) is 22.6 Å². The minimum atomic E-state index is -0.942. The molecule has 1 aromatic heterocycles. The molecule has 2 aliphatic carbocycles. The van der Waals surface area contributed by atoms with Crippen molar-refractivity contribution < 1.29 is 14.7 Å². The van der Waals surface area contributed by atoms with Crippen LogP contribution in [0.5, 0.6) is 0 Å². The Hall–Kier alpha value is -2.13. The van der Waals surface area contributed by atoms with Crippen LogP contribution in [0.25, 0.3) is 0 Å². The molecule has 3 rings (SSSR count).